The summed E-state index contributed by atoms with van der Waals surface area (Å²) in [6.45, 7) is 0. The zero-order valence-corrected chi connectivity index (χ0v) is 13.2. The Bertz CT molecular complexity index is 1210. The Balaban J connectivity index is 2.14. The summed E-state index contributed by atoms with van der Waals surface area (Å²) in [4.78, 5) is 28.2. The van der Waals surface area contributed by atoms with E-state index in [9.17, 15) is 22.8 Å². The molecule has 0 aliphatic carbocycles. The first-order chi connectivity index (χ1) is 11.9. The van der Waals surface area contributed by atoms with Gasteiger partial charge in [-0.3, -0.25) is 9.59 Å². The van der Waals surface area contributed by atoms with E-state index < -0.39 is 28.5 Å². The molecule has 0 amide bonds. The van der Waals surface area contributed by atoms with E-state index in [-0.39, 0.29) is 9.88 Å². The van der Waals surface area contributed by atoms with Crippen molar-refractivity contribution in [3.63, 3.8) is 0 Å². The monoisotopic (exact) mass is 362 g/mol. The van der Waals surface area contributed by atoms with Gasteiger partial charge in [0, 0.05) is 0 Å². The number of para-hydroxylation sites is 2. The summed E-state index contributed by atoms with van der Waals surface area (Å²) in [6, 6.07) is 11.6. The predicted molar refractivity (Wildman–Crippen MR) is 88.3 cm³/mol. The van der Waals surface area contributed by atoms with E-state index in [2.05, 4.69) is 4.98 Å². The van der Waals surface area contributed by atoms with Gasteiger partial charge in [0.2, 0.25) is 0 Å². The van der Waals surface area contributed by atoms with E-state index >= 15 is 0 Å². The molecule has 1 N–H and O–H groups in total. The van der Waals surface area contributed by atoms with Crippen molar-refractivity contribution in [1.29, 1.82) is 0 Å². The van der Waals surface area contributed by atoms with Crippen LogP contribution in [0.1, 0.15) is 5.56 Å². The normalized spacial score (nSPS) is 12.1. The fourth-order valence-electron chi connectivity index (χ4n) is 2.75. The van der Waals surface area contributed by atoms with Gasteiger partial charge in [0.15, 0.2) is 0 Å². The quantitative estimate of drug-likeness (QED) is 0.564. The van der Waals surface area contributed by atoms with Crippen LogP contribution in [0.2, 0.25) is 0 Å². The number of halogens is 3. The van der Waals surface area contributed by atoms with Gasteiger partial charge in [-0.1, -0.05) is 24.3 Å². The van der Waals surface area contributed by atoms with Crippen LogP contribution in [-0.4, -0.2) is 9.55 Å². The summed E-state index contributed by atoms with van der Waals surface area (Å²) in [6.07, 6.45) is -4.68. The predicted octanol–water partition coefficient (Wildman–Crippen LogP) is 3.48. The lowest BCUT2D eigenvalue weighted by molar-refractivity contribution is -0.137. The Hall–Kier alpha value is -2.87. The molecule has 8 heteroatoms. The van der Waals surface area contributed by atoms with Gasteiger partial charge in [-0.05, 0) is 24.3 Å². The second-order valence-corrected chi connectivity index (χ2v) is 6.44. The number of rotatable bonds is 1. The van der Waals surface area contributed by atoms with Gasteiger partial charge in [0.1, 0.15) is 9.88 Å². The van der Waals surface area contributed by atoms with Crippen LogP contribution in [0.15, 0.2) is 58.1 Å². The molecule has 2 aliphatic heterocycles. The fourth-order valence-corrected chi connectivity index (χ4v) is 3.76. The molecule has 4 nitrogen and oxygen atoms in total. The maximum absolute atomic E-state index is 13.3. The topological polar surface area (TPSA) is 54.9 Å². The summed E-state index contributed by atoms with van der Waals surface area (Å²) >= 11 is 1.08. The average Bonchev–Trinajstić information content (AvgIpc) is 2.83. The molecule has 2 aliphatic rings. The standard InChI is InChI=1S/C17H9F3N2O2S/c18-17(19,20)9-5-1-3-7-11(9)22-15(23)13-14(16(22)24)25-12-8-4-2-6-10(12)21-13/h1-8,21H. The highest BCUT2D eigenvalue weighted by Gasteiger charge is 2.34. The molecule has 0 bridgehead atoms. The van der Waals surface area contributed by atoms with Crippen molar-refractivity contribution in [3.8, 4) is 5.69 Å². The van der Waals surface area contributed by atoms with Crippen LogP contribution in [0.25, 0.3) is 15.9 Å². The molecular weight excluding hydrogens is 353 g/mol. The van der Waals surface area contributed by atoms with Crippen molar-refractivity contribution in [2.45, 2.75) is 6.18 Å². The summed E-state index contributed by atoms with van der Waals surface area (Å²) in [5.74, 6) is 0. The van der Waals surface area contributed by atoms with Gasteiger partial charge >= 0.3 is 6.18 Å². The zero-order chi connectivity index (χ0) is 17.8. The SMILES string of the molecule is O=c1c2[nH]c3ccccc3sc=2c(=O)n1-c1ccccc1C(F)(F)F. The smallest absolute Gasteiger partial charge is 0.349 e. The summed E-state index contributed by atoms with van der Waals surface area (Å²) in [5, 5.41) is 0.00526. The Morgan fingerprint density at radius 1 is 0.920 bits per heavy atom. The van der Waals surface area contributed by atoms with E-state index in [1.807, 2.05) is 0 Å². The van der Waals surface area contributed by atoms with Gasteiger partial charge < -0.3 is 4.98 Å². The number of aromatic nitrogens is 2. The van der Waals surface area contributed by atoms with E-state index in [0.717, 1.165) is 28.2 Å². The molecule has 2 aromatic carbocycles. The van der Waals surface area contributed by atoms with Crippen LogP contribution in [-0.2, 0) is 6.18 Å². The third-order valence-electron chi connectivity index (χ3n) is 3.85. The minimum Gasteiger partial charge on any atom is -0.349 e. The first-order valence-electron chi connectivity index (χ1n) is 7.21. The van der Waals surface area contributed by atoms with E-state index in [1.54, 1.807) is 24.3 Å². The third kappa shape index (κ3) is 2.37. The van der Waals surface area contributed by atoms with Crippen LogP contribution in [0.3, 0.4) is 0 Å². The number of nitrogens with one attached hydrogen (secondary N) is 1. The molecule has 0 spiro atoms. The lowest BCUT2D eigenvalue weighted by Crippen LogP contribution is -2.27. The van der Waals surface area contributed by atoms with Crippen LogP contribution in [0.4, 0.5) is 13.2 Å². The Kier molecular flexibility index (Phi) is 3.33. The Morgan fingerprint density at radius 2 is 1.60 bits per heavy atom. The maximum Gasteiger partial charge on any atom is 0.418 e. The molecule has 2 aromatic rings. The molecule has 0 atom stereocenters. The summed E-state index contributed by atoms with van der Waals surface area (Å²) < 4.78 is 41.2. The van der Waals surface area contributed by atoms with Gasteiger partial charge in [0.25, 0.3) is 11.1 Å². The van der Waals surface area contributed by atoms with Crippen molar-refractivity contribution in [1.82, 2.24) is 9.55 Å². The first-order valence-corrected chi connectivity index (χ1v) is 8.03. The first kappa shape index (κ1) is 15.6. The van der Waals surface area contributed by atoms with Crippen molar-refractivity contribution in [2.24, 2.45) is 0 Å². The second kappa shape index (κ2) is 5.32. The van der Waals surface area contributed by atoms with Gasteiger partial charge in [-0.15, -0.1) is 11.3 Å². The molecule has 0 radical (unpaired) electrons. The van der Waals surface area contributed by atoms with Crippen LogP contribution >= 0.6 is 11.3 Å². The van der Waals surface area contributed by atoms with Crippen LogP contribution in [0, 0.1) is 9.88 Å². The number of hydrogen-bond donors (Lipinski definition) is 1. The largest absolute Gasteiger partial charge is 0.418 e. The molecule has 0 saturated carbocycles. The van der Waals surface area contributed by atoms with Crippen LogP contribution < -0.4 is 11.1 Å². The number of fused-ring (bicyclic) bond motifs is 1. The number of H-pyrrole nitrogens is 1. The number of benzene rings is 2. The maximum atomic E-state index is 13.3. The molecule has 2 heterocycles. The number of nitrogens with zero attached hydrogens (tertiary/aromatic N) is 1. The molecule has 0 fully saturated rings. The molecule has 0 saturated heterocycles. The van der Waals surface area contributed by atoms with Gasteiger partial charge in [-0.25, -0.2) is 4.57 Å². The minimum absolute atomic E-state index is 0.00526. The highest BCUT2D eigenvalue weighted by atomic mass is 32.1. The third-order valence-corrected chi connectivity index (χ3v) is 5.01. The Labute approximate surface area is 141 Å². The molecule has 25 heavy (non-hydrogen) atoms. The second-order valence-electron chi connectivity index (χ2n) is 5.39. The Morgan fingerprint density at radius 3 is 2.36 bits per heavy atom. The molecular formula is C17H9F3N2O2S. The number of aromatic amines is 1. The fraction of sp³-hybridized carbons (Fsp3) is 0.0588. The van der Waals surface area contributed by atoms with Gasteiger partial charge in [0.05, 0.1) is 21.5 Å². The van der Waals surface area contributed by atoms with Crippen molar-refractivity contribution in [3.05, 3.63) is 84.7 Å². The van der Waals surface area contributed by atoms with E-state index in [4.69, 9.17) is 0 Å². The molecule has 4 rings (SSSR count). The molecule has 126 valence electrons. The minimum atomic E-state index is -4.68. The van der Waals surface area contributed by atoms with E-state index in [1.165, 1.54) is 12.1 Å². The van der Waals surface area contributed by atoms with Gasteiger partial charge in [-0.2, -0.15) is 13.2 Å². The number of hydrogen-bond acceptors (Lipinski definition) is 3. The van der Waals surface area contributed by atoms with Crippen LogP contribution in [0.5, 0.6) is 0 Å². The summed E-state index contributed by atoms with van der Waals surface area (Å²) in [7, 11) is 0. The lowest BCUT2D eigenvalue weighted by atomic mass is 10.1. The highest BCUT2D eigenvalue weighted by Crippen LogP contribution is 2.33. The van der Waals surface area contributed by atoms with Crippen molar-refractivity contribution in [2.75, 3.05) is 0 Å². The highest BCUT2D eigenvalue weighted by molar-refractivity contribution is 7.16. The van der Waals surface area contributed by atoms with Crippen molar-refractivity contribution < 1.29 is 13.2 Å². The molecule has 0 unspecified atom stereocenters. The molecule has 0 aromatic heterocycles. The van der Waals surface area contributed by atoms with E-state index in [0.29, 0.717) is 10.1 Å². The average molecular weight is 362 g/mol. The van der Waals surface area contributed by atoms with Crippen molar-refractivity contribution >= 4 is 21.6 Å². The lowest BCUT2D eigenvalue weighted by Gasteiger charge is -2.11. The summed E-state index contributed by atoms with van der Waals surface area (Å²) in [5.41, 5.74) is -2.41. The number of alkyl halides is 3. The zero-order valence-electron chi connectivity index (χ0n) is 12.4.